The van der Waals surface area contributed by atoms with Crippen molar-refractivity contribution in [1.29, 1.82) is 0 Å². The molecule has 0 saturated heterocycles. The Morgan fingerprint density at radius 3 is 1.89 bits per heavy atom. The van der Waals surface area contributed by atoms with Crippen LogP contribution in [0.25, 0.3) is 109 Å². The predicted octanol–water partition coefficient (Wildman–Crippen LogP) is 17.9. The molecule has 5 heteroatoms. The number of furan rings is 1. The molecule has 0 N–H and O–H groups in total. The molecule has 0 radical (unpaired) electrons. The second kappa shape index (κ2) is 16.3. The van der Waals surface area contributed by atoms with Crippen LogP contribution in [-0.4, -0.2) is 20.7 Å². The molecule has 14 aromatic rings. The fourth-order valence-corrected chi connectivity index (χ4v) is 11.2. The Morgan fingerprint density at radius 2 is 1.11 bits per heavy atom. The van der Waals surface area contributed by atoms with Crippen LogP contribution >= 0.6 is 0 Å². The lowest BCUT2D eigenvalue weighted by molar-refractivity contribution is 0.672. The molecular formula is C66H46N4O. The second-order valence-electron chi connectivity index (χ2n) is 18.8. The molecule has 0 fully saturated rings. The van der Waals surface area contributed by atoms with Gasteiger partial charge in [0.15, 0.2) is 5.84 Å². The number of rotatable bonds is 7. The maximum absolute atomic E-state index is 6.99. The summed E-state index contributed by atoms with van der Waals surface area (Å²) in [4.78, 5) is 11.7. The molecule has 336 valence electrons. The number of nitrogens with zero attached hydrogens (tertiary/aromatic N) is 4. The summed E-state index contributed by atoms with van der Waals surface area (Å²) in [5.41, 5.74) is 12.0. The van der Waals surface area contributed by atoms with Crippen LogP contribution in [0, 0.1) is 5.92 Å². The van der Waals surface area contributed by atoms with Crippen molar-refractivity contribution in [2.45, 2.75) is 20.3 Å². The Bertz CT molecular complexity index is 4510. The summed E-state index contributed by atoms with van der Waals surface area (Å²) >= 11 is 0. The molecule has 3 aromatic heterocycles. The molecule has 3 heterocycles. The summed E-state index contributed by atoms with van der Waals surface area (Å²) in [6.07, 6.45) is 0.890. The van der Waals surface area contributed by atoms with E-state index in [0.29, 0.717) is 5.84 Å². The van der Waals surface area contributed by atoms with Crippen molar-refractivity contribution in [1.82, 2.24) is 9.13 Å². The lowest BCUT2D eigenvalue weighted by Crippen LogP contribution is -2.15. The number of aliphatic imine (C=N–C) groups is 2. The summed E-state index contributed by atoms with van der Waals surface area (Å²) in [6.45, 7) is 4.54. The minimum absolute atomic E-state index is 0.0935. The Kier molecular flexibility index (Phi) is 9.40. The van der Waals surface area contributed by atoms with Gasteiger partial charge in [-0.1, -0.05) is 184 Å². The highest BCUT2D eigenvalue weighted by atomic mass is 16.3. The van der Waals surface area contributed by atoms with Crippen LogP contribution in [0.4, 0.5) is 5.69 Å². The van der Waals surface area contributed by atoms with Crippen LogP contribution in [0.1, 0.15) is 31.4 Å². The lowest BCUT2D eigenvalue weighted by Gasteiger charge is -2.17. The third kappa shape index (κ3) is 6.47. The molecule has 1 unspecified atom stereocenters. The van der Waals surface area contributed by atoms with Gasteiger partial charge in [-0.2, -0.15) is 0 Å². The second-order valence-corrected chi connectivity index (χ2v) is 18.8. The first-order valence-electron chi connectivity index (χ1n) is 24.6. The number of benzene rings is 11. The normalized spacial score (nSPS) is 13.1. The Balaban J connectivity index is 1.11. The van der Waals surface area contributed by atoms with Gasteiger partial charge in [-0.3, -0.25) is 0 Å². The van der Waals surface area contributed by atoms with Crippen LogP contribution in [0.2, 0.25) is 0 Å². The van der Waals surface area contributed by atoms with Crippen molar-refractivity contribution in [2.75, 3.05) is 0 Å². The van der Waals surface area contributed by atoms with E-state index in [1.54, 1.807) is 0 Å². The number of hydrogen-bond acceptors (Lipinski definition) is 2. The van der Waals surface area contributed by atoms with Gasteiger partial charge in [0.1, 0.15) is 11.2 Å². The summed E-state index contributed by atoms with van der Waals surface area (Å²) in [7, 11) is 0. The van der Waals surface area contributed by atoms with Crippen molar-refractivity contribution < 1.29 is 4.42 Å². The minimum atomic E-state index is 0.0935. The third-order valence-electron chi connectivity index (χ3n) is 14.8. The highest BCUT2D eigenvalue weighted by Crippen LogP contribution is 2.45. The number of fused-ring (bicyclic) bond motifs is 14. The molecule has 0 saturated carbocycles. The fourth-order valence-electron chi connectivity index (χ4n) is 11.2. The van der Waals surface area contributed by atoms with Crippen LogP contribution < -0.4 is 0 Å². The molecule has 71 heavy (non-hydrogen) atoms. The van der Waals surface area contributed by atoms with Gasteiger partial charge in [0, 0.05) is 66.0 Å². The SMILES string of the molecule is CCC(C)/C(=N\C(=N/c1cc2oc3c4ccccc4ccc3c2cc1-n1c2cc3ccccc3cc2c2ccc3ccccc3c21)c1ccccc1)c1cccc2c1c1ccccc1n2-c1ccccc1. The van der Waals surface area contributed by atoms with E-state index in [4.69, 9.17) is 14.4 Å². The summed E-state index contributed by atoms with van der Waals surface area (Å²) in [6, 6.07) is 80.5. The highest BCUT2D eigenvalue weighted by Gasteiger charge is 2.24. The van der Waals surface area contributed by atoms with E-state index in [2.05, 4.69) is 247 Å². The first-order chi connectivity index (χ1) is 35.1. The molecule has 0 aliphatic rings. The van der Waals surface area contributed by atoms with E-state index in [-0.39, 0.29) is 5.92 Å². The zero-order chi connectivity index (χ0) is 47.2. The topological polar surface area (TPSA) is 47.7 Å². The van der Waals surface area contributed by atoms with E-state index in [1.807, 2.05) is 0 Å². The Hall–Kier alpha value is -9.06. The van der Waals surface area contributed by atoms with Gasteiger partial charge in [0.25, 0.3) is 0 Å². The fraction of sp³-hybridized carbons (Fsp3) is 0.0606. The average Bonchev–Trinajstić information content (AvgIpc) is 4.09. The van der Waals surface area contributed by atoms with Gasteiger partial charge >= 0.3 is 0 Å². The van der Waals surface area contributed by atoms with Crippen LogP contribution in [0.15, 0.2) is 239 Å². The maximum Gasteiger partial charge on any atom is 0.160 e. The van der Waals surface area contributed by atoms with E-state index < -0.39 is 0 Å². The van der Waals surface area contributed by atoms with Gasteiger partial charge in [-0.25, -0.2) is 9.98 Å². The largest absolute Gasteiger partial charge is 0.455 e. The summed E-state index contributed by atoms with van der Waals surface area (Å²) in [5.74, 6) is 0.721. The summed E-state index contributed by atoms with van der Waals surface area (Å²) in [5, 5.41) is 13.8. The van der Waals surface area contributed by atoms with Crippen molar-refractivity contribution in [3.63, 3.8) is 0 Å². The van der Waals surface area contributed by atoms with Gasteiger partial charge < -0.3 is 13.6 Å². The highest BCUT2D eigenvalue weighted by molar-refractivity contribution is 6.25. The molecule has 0 amide bonds. The van der Waals surface area contributed by atoms with Crippen molar-refractivity contribution in [2.24, 2.45) is 15.9 Å². The van der Waals surface area contributed by atoms with Gasteiger partial charge in [-0.05, 0) is 82.4 Å². The molecule has 0 aliphatic heterocycles. The zero-order valence-corrected chi connectivity index (χ0v) is 39.3. The third-order valence-corrected chi connectivity index (χ3v) is 14.8. The quantitative estimate of drug-likeness (QED) is 0.116. The van der Waals surface area contributed by atoms with E-state index in [0.717, 1.165) is 95.1 Å². The predicted molar refractivity (Wildman–Crippen MR) is 300 cm³/mol. The monoisotopic (exact) mass is 910 g/mol. The standard InChI is InChI=1S/C66H46N4O/c1-3-41(2)63(53-30-18-32-58-62(53)52-29-16-17-31-57(52)69(58)47-25-8-5-9-26-47)68-66(44-21-6-4-7-22-44)67-56-40-61-55(51-36-34-43-20-13-15-28-49(43)65(51)71-61)39-60(56)70-59-38-46-24-11-10-23-45(46)37-54(59)50-35-33-42-19-12-14-27-48(42)64(50)70/h4-41H,3H2,1-2H3/b67-66-,68-63+. The molecule has 0 aliphatic carbocycles. The number of para-hydroxylation sites is 2. The van der Waals surface area contributed by atoms with E-state index >= 15 is 0 Å². The first kappa shape index (κ1) is 41.0. The van der Waals surface area contributed by atoms with E-state index in [1.165, 1.54) is 43.1 Å². The number of aromatic nitrogens is 2. The molecule has 1 atom stereocenters. The van der Waals surface area contributed by atoms with Crippen LogP contribution in [0.3, 0.4) is 0 Å². The lowest BCUT2D eigenvalue weighted by atomic mass is 9.92. The Morgan fingerprint density at radius 1 is 0.479 bits per heavy atom. The average molecular weight is 911 g/mol. The number of amidine groups is 1. The molecule has 11 aromatic carbocycles. The van der Waals surface area contributed by atoms with Crippen molar-refractivity contribution >= 4 is 115 Å². The zero-order valence-electron chi connectivity index (χ0n) is 39.3. The number of hydrogen-bond donors (Lipinski definition) is 0. The maximum atomic E-state index is 6.99. The first-order valence-corrected chi connectivity index (χ1v) is 24.6. The van der Waals surface area contributed by atoms with E-state index in [9.17, 15) is 0 Å². The summed E-state index contributed by atoms with van der Waals surface area (Å²) < 4.78 is 11.8. The molecular weight excluding hydrogens is 865 g/mol. The molecule has 0 bridgehead atoms. The van der Waals surface area contributed by atoms with Crippen LogP contribution in [-0.2, 0) is 0 Å². The molecule has 14 rings (SSSR count). The van der Waals surface area contributed by atoms with Crippen LogP contribution in [0.5, 0.6) is 0 Å². The molecule has 5 nitrogen and oxygen atoms in total. The van der Waals surface area contributed by atoms with Crippen molar-refractivity contribution in [3.05, 3.63) is 236 Å². The van der Waals surface area contributed by atoms with Gasteiger partial charge in [-0.15, -0.1) is 0 Å². The minimum Gasteiger partial charge on any atom is -0.455 e. The smallest absolute Gasteiger partial charge is 0.160 e. The van der Waals surface area contributed by atoms with Gasteiger partial charge in [0.2, 0.25) is 0 Å². The van der Waals surface area contributed by atoms with Gasteiger partial charge in [0.05, 0.1) is 39.2 Å². The Labute approximate surface area is 409 Å². The van der Waals surface area contributed by atoms with Crippen molar-refractivity contribution in [3.8, 4) is 11.4 Å². The molecule has 0 spiro atoms.